The maximum atomic E-state index is 12.1. The molecule has 0 radical (unpaired) electrons. The van der Waals surface area contributed by atoms with E-state index in [4.69, 9.17) is 5.73 Å². The summed E-state index contributed by atoms with van der Waals surface area (Å²) in [6.07, 6.45) is 0.548. The number of pyridine rings is 1. The van der Waals surface area contributed by atoms with Gasteiger partial charge in [-0.05, 0) is 11.6 Å². The van der Waals surface area contributed by atoms with Crippen molar-refractivity contribution >= 4 is 16.6 Å². The maximum Gasteiger partial charge on any atom is 0.254 e. The number of benzene rings is 2. The average molecular weight is 250 g/mol. The minimum Gasteiger partial charge on any atom is -0.398 e. The van der Waals surface area contributed by atoms with Gasteiger partial charge in [-0.3, -0.25) is 4.79 Å². The van der Waals surface area contributed by atoms with Gasteiger partial charge in [0.15, 0.2) is 0 Å². The largest absolute Gasteiger partial charge is 0.398 e. The minimum atomic E-state index is -0.111. The molecule has 2 aromatic carbocycles. The Kier molecular flexibility index (Phi) is 2.80. The van der Waals surface area contributed by atoms with Crippen molar-refractivity contribution in [2.24, 2.45) is 0 Å². The third kappa shape index (κ3) is 2.10. The van der Waals surface area contributed by atoms with Crippen LogP contribution in [0.4, 0.5) is 5.69 Å². The Labute approximate surface area is 110 Å². The van der Waals surface area contributed by atoms with E-state index in [1.54, 1.807) is 0 Å². The number of nitrogens with one attached hydrogen (secondary N) is 1. The quantitative estimate of drug-likeness (QED) is 0.734. The number of H-pyrrole nitrogens is 1. The smallest absolute Gasteiger partial charge is 0.254 e. The van der Waals surface area contributed by atoms with Crippen molar-refractivity contribution in [1.29, 1.82) is 0 Å². The van der Waals surface area contributed by atoms with Crippen LogP contribution >= 0.6 is 0 Å². The molecule has 0 fully saturated rings. The molecule has 0 unspecified atom stereocenters. The molecular weight excluding hydrogens is 236 g/mol. The van der Waals surface area contributed by atoms with Crippen molar-refractivity contribution in [2.45, 2.75) is 6.42 Å². The van der Waals surface area contributed by atoms with E-state index in [0.29, 0.717) is 17.7 Å². The highest BCUT2D eigenvalue weighted by atomic mass is 16.1. The lowest BCUT2D eigenvalue weighted by Gasteiger charge is -2.08. The summed E-state index contributed by atoms with van der Waals surface area (Å²) in [5.41, 5.74) is 9.10. The highest BCUT2D eigenvalue weighted by Gasteiger charge is 2.10. The summed E-state index contributed by atoms with van der Waals surface area (Å²) in [5.74, 6) is 0. The first kappa shape index (κ1) is 11.5. The van der Waals surface area contributed by atoms with Gasteiger partial charge >= 0.3 is 0 Å². The van der Waals surface area contributed by atoms with Crippen LogP contribution in [0.1, 0.15) is 11.1 Å². The zero-order valence-corrected chi connectivity index (χ0v) is 10.4. The molecule has 3 aromatic rings. The van der Waals surface area contributed by atoms with Gasteiger partial charge < -0.3 is 10.7 Å². The molecule has 1 aromatic heterocycles. The number of nitrogen functional groups attached to an aromatic ring is 1. The Morgan fingerprint density at radius 2 is 1.63 bits per heavy atom. The molecule has 0 aliphatic carbocycles. The first-order chi connectivity index (χ1) is 9.25. The lowest BCUT2D eigenvalue weighted by Crippen LogP contribution is -2.16. The van der Waals surface area contributed by atoms with E-state index < -0.39 is 0 Å². The SMILES string of the molecule is Nc1c(Cc2ccccc2)c(=O)[nH]c2ccccc12. The van der Waals surface area contributed by atoms with Gasteiger partial charge in [-0.1, -0.05) is 48.5 Å². The fraction of sp³-hybridized carbons (Fsp3) is 0.0625. The normalized spacial score (nSPS) is 10.7. The van der Waals surface area contributed by atoms with Gasteiger partial charge in [-0.25, -0.2) is 0 Å². The second-order valence-electron chi connectivity index (χ2n) is 4.55. The predicted octanol–water partition coefficient (Wildman–Crippen LogP) is 2.70. The van der Waals surface area contributed by atoms with Crippen LogP contribution in [0.5, 0.6) is 0 Å². The second-order valence-corrected chi connectivity index (χ2v) is 4.55. The van der Waals surface area contributed by atoms with Crippen molar-refractivity contribution in [2.75, 3.05) is 5.73 Å². The first-order valence-electron chi connectivity index (χ1n) is 6.19. The lowest BCUT2D eigenvalue weighted by molar-refractivity contribution is 1.12. The molecule has 1 heterocycles. The standard InChI is InChI=1S/C16H14N2O/c17-15-12-8-4-5-9-14(12)18-16(19)13(15)10-11-6-2-1-3-7-11/h1-9H,10H2,(H3,17,18,19). The molecule has 19 heavy (non-hydrogen) atoms. The van der Waals surface area contributed by atoms with Crippen molar-refractivity contribution in [3.05, 3.63) is 76.1 Å². The maximum absolute atomic E-state index is 12.1. The van der Waals surface area contributed by atoms with Crippen molar-refractivity contribution in [3.63, 3.8) is 0 Å². The summed E-state index contributed by atoms with van der Waals surface area (Å²) >= 11 is 0. The number of fused-ring (bicyclic) bond motifs is 1. The number of anilines is 1. The Morgan fingerprint density at radius 3 is 2.42 bits per heavy atom. The Balaban J connectivity index is 2.16. The summed E-state index contributed by atoms with van der Waals surface area (Å²) in [6.45, 7) is 0. The van der Waals surface area contributed by atoms with Gasteiger partial charge in [0.1, 0.15) is 0 Å². The molecule has 3 N–H and O–H groups in total. The summed E-state index contributed by atoms with van der Waals surface area (Å²) < 4.78 is 0. The van der Waals surface area contributed by atoms with Crippen LogP contribution in [0.2, 0.25) is 0 Å². The number of aromatic nitrogens is 1. The van der Waals surface area contributed by atoms with Crippen LogP contribution in [-0.4, -0.2) is 4.98 Å². The Bertz CT molecular complexity index is 776. The van der Waals surface area contributed by atoms with Crippen LogP contribution in [0, 0.1) is 0 Å². The highest BCUT2D eigenvalue weighted by Crippen LogP contribution is 2.21. The molecule has 0 spiro atoms. The number of hydrogen-bond acceptors (Lipinski definition) is 2. The molecule has 0 aliphatic rings. The van der Waals surface area contributed by atoms with Gasteiger partial charge in [0.2, 0.25) is 0 Å². The zero-order valence-electron chi connectivity index (χ0n) is 10.4. The molecule has 94 valence electrons. The predicted molar refractivity (Wildman–Crippen MR) is 78.2 cm³/mol. The molecule has 3 nitrogen and oxygen atoms in total. The first-order valence-corrected chi connectivity index (χ1v) is 6.19. The van der Waals surface area contributed by atoms with Crippen LogP contribution in [0.15, 0.2) is 59.4 Å². The van der Waals surface area contributed by atoms with Crippen molar-refractivity contribution < 1.29 is 0 Å². The molecule has 0 aliphatic heterocycles. The van der Waals surface area contributed by atoms with Gasteiger partial charge in [0.25, 0.3) is 5.56 Å². The van der Waals surface area contributed by atoms with Crippen LogP contribution < -0.4 is 11.3 Å². The highest BCUT2D eigenvalue weighted by molar-refractivity contribution is 5.91. The fourth-order valence-corrected chi connectivity index (χ4v) is 2.29. The molecule has 0 saturated heterocycles. The summed E-state index contributed by atoms with van der Waals surface area (Å²) in [6, 6.07) is 17.5. The number of para-hydroxylation sites is 1. The molecule has 0 amide bonds. The Hall–Kier alpha value is -2.55. The van der Waals surface area contributed by atoms with E-state index in [-0.39, 0.29) is 5.56 Å². The van der Waals surface area contributed by atoms with Crippen molar-refractivity contribution in [1.82, 2.24) is 4.98 Å². The topological polar surface area (TPSA) is 58.9 Å². The fourth-order valence-electron chi connectivity index (χ4n) is 2.29. The minimum absolute atomic E-state index is 0.111. The van der Waals surface area contributed by atoms with E-state index in [1.807, 2.05) is 54.6 Å². The summed E-state index contributed by atoms with van der Waals surface area (Å²) in [5, 5.41) is 0.896. The molecule has 3 rings (SSSR count). The van der Waals surface area contributed by atoms with Crippen LogP contribution in [0.3, 0.4) is 0 Å². The van der Waals surface area contributed by atoms with Gasteiger partial charge in [-0.15, -0.1) is 0 Å². The molecule has 0 bridgehead atoms. The molecule has 0 saturated carbocycles. The second kappa shape index (κ2) is 4.61. The number of rotatable bonds is 2. The van der Waals surface area contributed by atoms with Crippen LogP contribution in [-0.2, 0) is 6.42 Å². The summed E-state index contributed by atoms with van der Waals surface area (Å²) in [7, 11) is 0. The van der Waals surface area contributed by atoms with E-state index in [2.05, 4.69) is 4.98 Å². The lowest BCUT2D eigenvalue weighted by atomic mass is 10.0. The third-order valence-electron chi connectivity index (χ3n) is 3.29. The monoisotopic (exact) mass is 250 g/mol. The van der Waals surface area contributed by atoms with E-state index in [0.717, 1.165) is 16.5 Å². The van der Waals surface area contributed by atoms with Gasteiger partial charge in [0.05, 0.1) is 5.52 Å². The van der Waals surface area contributed by atoms with E-state index >= 15 is 0 Å². The van der Waals surface area contributed by atoms with Gasteiger partial charge in [0, 0.05) is 23.1 Å². The molecule has 0 atom stereocenters. The van der Waals surface area contributed by atoms with E-state index in [9.17, 15) is 4.79 Å². The van der Waals surface area contributed by atoms with Crippen molar-refractivity contribution in [3.8, 4) is 0 Å². The van der Waals surface area contributed by atoms with Crippen LogP contribution in [0.25, 0.3) is 10.9 Å². The van der Waals surface area contributed by atoms with Gasteiger partial charge in [-0.2, -0.15) is 0 Å². The number of aromatic amines is 1. The van der Waals surface area contributed by atoms with E-state index in [1.165, 1.54) is 0 Å². The molecular formula is C16H14N2O. The average Bonchev–Trinajstić information content (AvgIpc) is 2.45. The zero-order chi connectivity index (χ0) is 13.2. The summed E-state index contributed by atoms with van der Waals surface area (Å²) in [4.78, 5) is 15.0. The third-order valence-corrected chi connectivity index (χ3v) is 3.29. The number of hydrogen-bond donors (Lipinski definition) is 2. The number of nitrogens with two attached hydrogens (primary N) is 1. The molecule has 3 heteroatoms. The Morgan fingerprint density at radius 1 is 0.947 bits per heavy atom.